The minimum Gasteiger partial charge on any atom is -0.493 e. The van der Waals surface area contributed by atoms with Gasteiger partial charge in [-0.25, -0.2) is 21.1 Å². The zero-order valence-electron chi connectivity index (χ0n) is 18.9. The van der Waals surface area contributed by atoms with Gasteiger partial charge >= 0.3 is 0 Å². The molecule has 0 spiro atoms. The molecule has 1 fully saturated rings. The molecule has 11 heteroatoms. The van der Waals surface area contributed by atoms with Gasteiger partial charge in [-0.05, 0) is 60.4 Å². The lowest BCUT2D eigenvalue weighted by Gasteiger charge is -2.29. The fourth-order valence-electron chi connectivity index (χ4n) is 4.34. The summed E-state index contributed by atoms with van der Waals surface area (Å²) in [6, 6.07) is 7.84. The SMILES string of the molecule is COc1cc2c(cc1OC)CN(S(=O)(=O)c1ccc(N3C(=O)[C@@H](C)CS3(=O)=O)cc1C)CC2. The molecule has 178 valence electrons. The molecule has 2 aromatic carbocycles. The van der Waals surface area contributed by atoms with Gasteiger partial charge in [-0.1, -0.05) is 6.92 Å². The van der Waals surface area contributed by atoms with Crippen LogP contribution in [0.1, 0.15) is 23.6 Å². The molecule has 4 rings (SSSR count). The molecule has 0 bridgehead atoms. The first kappa shape index (κ1) is 23.5. The summed E-state index contributed by atoms with van der Waals surface area (Å²) in [5.41, 5.74) is 2.35. The number of benzene rings is 2. The van der Waals surface area contributed by atoms with Crippen molar-refractivity contribution in [2.75, 3.05) is 30.8 Å². The molecular weight excluding hydrogens is 468 g/mol. The van der Waals surface area contributed by atoms with Crippen molar-refractivity contribution in [3.63, 3.8) is 0 Å². The Morgan fingerprint density at radius 3 is 2.21 bits per heavy atom. The normalized spacial score (nSPS) is 20.5. The first-order valence-electron chi connectivity index (χ1n) is 10.4. The molecule has 33 heavy (non-hydrogen) atoms. The van der Waals surface area contributed by atoms with Gasteiger partial charge in [-0.15, -0.1) is 0 Å². The maximum Gasteiger partial charge on any atom is 0.244 e. The number of ether oxygens (including phenoxy) is 2. The van der Waals surface area contributed by atoms with Gasteiger partial charge < -0.3 is 9.47 Å². The van der Waals surface area contributed by atoms with Gasteiger partial charge in [0.1, 0.15) is 0 Å². The Labute approximate surface area is 194 Å². The van der Waals surface area contributed by atoms with Gasteiger partial charge in [-0.3, -0.25) is 4.79 Å². The Kier molecular flexibility index (Phi) is 5.92. The van der Waals surface area contributed by atoms with E-state index in [1.807, 2.05) is 6.07 Å². The topological polar surface area (TPSA) is 110 Å². The molecule has 0 saturated carbocycles. The largest absolute Gasteiger partial charge is 0.493 e. The first-order valence-corrected chi connectivity index (χ1v) is 13.5. The van der Waals surface area contributed by atoms with Gasteiger partial charge in [0.15, 0.2) is 11.5 Å². The van der Waals surface area contributed by atoms with Crippen LogP contribution >= 0.6 is 0 Å². The van der Waals surface area contributed by atoms with Crippen LogP contribution in [0.5, 0.6) is 11.5 Å². The number of hydrogen-bond acceptors (Lipinski definition) is 7. The maximum absolute atomic E-state index is 13.4. The van der Waals surface area contributed by atoms with E-state index in [1.54, 1.807) is 27.0 Å². The molecule has 9 nitrogen and oxygen atoms in total. The summed E-state index contributed by atoms with van der Waals surface area (Å²) < 4.78 is 64.5. The van der Waals surface area contributed by atoms with E-state index in [2.05, 4.69) is 0 Å². The average molecular weight is 495 g/mol. The van der Waals surface area contributed by atoms with Crippen molar-refractivity contribution in [1.29, 1.82) is 0 Å². The van der Waals surface area contributed by atoms with E-state index in [-0.39, 0.29) is 22.9 Å². The van der Waals surface area contributed by atoms with E-state index in [9.17, 15) is 21.6 Å². The molecule has 1 amide bonds. The van der Waals surface area contributed by atoms with Crippen molar-refractivity contribution < 1.29 is 31.1 Å². The predicted molar refractivity (Wildman–Crippen MR) is 122 cm³/mol. The van der Waals surface area contributed by atoms with Gasteiger partial charge in [0.25, 0.3) is 0 Å². The fraction of sp³-hybridized carbons (Fsp3) is 0.409. The molecule has 0 unspecified atom stereocenters. The molecule has 1 saturated heterocycles. The van der Waals surface area contributed by atoms with Crippen LogP contribution in [0.15, 0.2) is 35.2 Å². The molecule has 0 aliphatic carbocycles. The number of rotatable bonds is 5. The monoisotopic (exact) mass is 494 g/mol. The number of anilines is 1. The van der Waals surface area contributed by atoms with Crippen molar-refractivity contribution >= 4 is 31.6 Å². The third kappa shape index (κ3) is 3.98. The van der Waals surface area contributed by atoms with Crippen molar-refractivity contribution in [2.24, 2.45) is 5.92 Å². The zero-order chi connectivity index (χ0) is 24.1. The molecule has 2 heterocycles. The Hall–Kier alpha value is -2.63. The summed E-state index contributed by atoms with van der Waals surface area (Å²) >= 11 is 0. The second kappa shape index (κ2) is 8.30. The highest BCUT2D eigenvalue weighted by atomic mass is 32.2. The number of carbonyl (C=O) groups is 1. The maximum atomic E-state index is 13.4. The summed E-state index contributed by atoms with van der Waals surface area (Å²) in [7, 11) is -4.54. The van der Waals surface area contributed by atoms with E-state index < -0.39 is 31.9 Å². The quantitative estimate of drug-likeness (QED) is 0.626. The predicted octanol–water partition coefficient (Wildman–Crippen LogP) is 2.07. The molecule has 2 aliphatic heterocycles. The van der Waals surface area contributed by atoms with Crippen LogP contribution in [0, 0.1) is 12.8 Å². The van der Waals surface area contributed by atoms with E-state index in [4.69, 9.17) is 9.47 Å². The standard InChI is InChI=1S/C22H26N2O7S2/c1-14-9-18(24-22(25)15(2)13-32(24,26)27)5-6-21(14)33(28,29)23-8-7-16-10-19(30-3)20(31-4)11-17(16)12-23/h5-6,9-11,15H,7-8,12-13H2,1-4H3/t15-/m0/s1. The van der Waals surface area contributed by atoms with E-state index in [1.165, 1.54) is 29.6 Å². The number of fused-ring (bicyclic) bond motifs is 1. The van der Waals surface area contributed by atoms with Crippen LogP contribution in [0.25, 0.3) is 0 Å². The summed E-state index contributed by atoms with van der Waals surface area (Å²) in [5, 5.41) is 0. The van der Waals surface area contributed by atoms with E-state index in [0.29, 0.717) is 30.0 Å². The zero-order valence-corrected chi connectivity index (χ0v) is 20.5. The van der Waals surface area contributed by atoms with Crippen LogP contribution in [0.3, 0.4) is 0 Å². The van der Waals surface area contributed by atoms with Gasteiger partial charge in [0.05, 0.1) is 36.5 Å². The number of hydrogen-bond donors (Lipinski definition) is 0. The summed E-state index contributed by atoms with van der Waals surface area (Å²) in [5.74, 6) is -0.280. The van der Waals surface area contributed by atoms with Crippen LogP contribution < -0.4 is 13.8 Å². The second-order valence-electron chi connectivity index (χ2n) is 8.30. The highest BCUT2D eigenvalue weighted by Crippen LogP contribution is 2.36. The summed E-state index contributed by atoms with van der Waals surface area (Å²) in [6.07, 6.45) is 0.518. The molecule has 2 aliphatic rings. The number of carbonyl (C=O) groups excluding carboxylic acids is 1. The Balaban J connectivity index is 1.65. The summed E-state index contributed by atoms with van der Waals surface area (Å²) in [4.78, 5) is 12.5. The number of sulfonamides is 2. The van der Waals surface area contributed by atoms with Gasteiger partial charge in [0.2, 0.25) is 26.0 Å². The van der Waals surface area contributed by atoms with Gasteiger partial charge in [0, 0.05) is 13.1 Å². The lowest BCUT2D eigenvalue weighted by molar-refractivity contribution is -0.119. The minimum atomic E-state index is -3.86. The van der Waals surface area contributed by atoms with E-state index >= 15 is 0 Å². The van der Waals surface area contributed by atoms with Crippen molar-refractivity contribution in [3.05, 3.63) is 47.0 Å². The number of nitrogens with zero attached hydrogens (tertiary/aromatic N) is 2. The Morgan fingerprint density at radius 2 is 1.67 bits per heavy atom. The molecule has 0 aromatic heterocycles. The van der Waals surface area contributed by atoms with Crippen molar-refractivity contribution in [3.8, 4) is 11.5 Å². The number of methoxy groups -OCH3 is 2. The lowest BCUT2D eigenvalue weighted by Crippen LogP contribution is -2.36. The minimum absolute atomic E-state index is 0.0762. The van der Waals surface area contributed by atoms with Crippen LogP contribution in [-0.2, 0) is 37.8 Å². The summed E-state index contributed by atoms with van der Waals surface area (Å²) in [6.45, 7) is 3.63. The molecule has 0 radical (unpaired) electrons. The molecule has 0 N–H and O–H groups in total. The lowest BCUT2D eigenvalue weighted by atomic mass is 10.0. The molecular formula is C22H26N2O7S2. The van der Waals surface area contributed by atoms with Crippen molar-refractivity contribution in [1.82, 2.24) is 4.31 Å². The van der Waals surface area contributed by atoms with Gasteiger partial charge in [-0.2, -0.15) is 4.31 Å². The molecule has 2 aromatic rings. The van der Waals surface area contributed by atoms with Crippen molar-refractivity contribution in [2.45, 2.75) is 31.7 Å². The van der Waals surface area contributed by atoms with Crippen LogP contribution in [0.4, 0.5) is 5.69 Å². The average Bonchev–Trinajstić information content (AvgIpc) is 2.97. The molecule has 1 atom stereocenters. The van der Waals surface area contributed by atoms with Crippen LogP contribution in [-0.4, -0.2) is 53.6 Å². The smallest absolute Gasteiger partial charge is 0.244 e. The Bertz CT molecular complexity index is 1340. The Morgan fingerprint density at radius 1 is 1.03 bits per heavy atom. The van der Waals surface area contributed by atoms with E-state index in [0.717, 1.165) is 15.4 Å². The fourth-order valence-corrected chi connectivity index (χ4v) is 7.77. The highest BCUT2D eigenvalue weighted by Gasteiger charge is 2.42. The number of aryl methyl sites for hydroxylation is 1. The number of amides is 1. The third-order valence-electron chi connectivity index (χ3n) is 6.05. The second-order valence-corrected chi connectivity index (χ2v) is 12.1. The van der Waals surface area contributed by atoms with Crippen LogP contribution in [0.2, 0.25) is 0 Å². The first-order chi connectivity index (χ1) is 15.5. The highest BCUT2D eigenvalue weighted by molar-refractivity contribution is 7.94. The third-order valence-corrected chi connectivity index (χ3v) is 9.93.